The van der Waals surface area contributed by atoms with E-state index in [1.54, 1.807) is 28.9 Å². The molecule has 5 rings (SSSR count). The Morgan fingerprint density at radius 2 is 1.50 bits per heavy atom. The molecule has 3 aliphatic rings. The van der Waals surface area contributed by atoms with Crippen molar-refractivity contribution in [3.63, 3.8) is 0 Å². The second-order valence-corrected chi connectivity index (χ2v) is 12.6. The lowest BCUT2D eigenvalue weighted by Crippen LogP contribution is -2.58. The molecule has 0 radical (unpaired) electrons. The number of rotatable bonds is 14. The zero-order chi connectivity index (χ0) is 33.2. The minimum atomic E-state index is -1.22. The van der Waals surface area contributed by atoms with Crippen molar-refractivity contribution in [2.24, 2.45) is 11.8 Å². The first-order valence-corrected chi connectivity index (χ1v) is 16.6. The zero-order valence-corrected chi connectivity index (χ0v) is 27.6. The van der Waals surface area contributed by atoms with Crippen LogP contribution in [0.3, 0.4) is 0 Å². The Bertz CT molecular complexity index is 1440. The third-order valence-corrected chi connectivity index (χ3v) is 10.4. The minimum absolute atomic E-state index is 0.215. The van der Waals surface area contributed by atoms with E-state index >= 15 is 0 Å². The summed E-state index contributed by atoms with van der Waals surface area (Å²) in [6.07, 6.45) is 4.87. The van der Waals surface area contributed by atoms with Crippen molar-refractivity contribution in [1.82, 2.24) is 4.90 Å². The van der Waals surface area contributed by atoms with Crippen molar-refractivity contribution in [1.29, 1.82) is 0 Å². The first-order chi connectivity index (χ1) is 22.2. The summed E-state index contributed by atoms with van der Waals surface area (Å²) in [5, 5.41) is 10.3. The van der Waals surface area contributed by atoms with Gasteiger partial charge in [0.15, 0.2) is 0 Å². The molecule has 3 aliphatic heterocycles. The fourth-order valence-electron chi connectivity index (χ4n) is 8.13. The molecule has 3 amide bonds. The Morgan fingerprint density at radius 3 is 2.04 bits per heavy atom. The van der Waals surface area contributed by atoms with E-state index in [9.17, 15) is 19.5 Å². The van der Waals surface area contributed by atoms with Gasteiger partial charge < -0.3 is 29.4 Å². The van der Waals surface area contributed by atoms with Gasteiger partial charge in [-0.2, -0.15) is 0 Å². The molecule has 9 nitrogen and oxygen atoms in total. The number of likely N-dealkylation sites (tertiary alicyclic amines) is 1. The molecule has 2 unspecified atom stereocenters. The molecule has 46 heavy (non-hydrogen) atoms. The SMILES string of the molecule is C=CCN(C(=O)C1N([C@H](C)CO)C(=O)[C@@H]2[C@H](C(=O)N(CC=C)c3ccccc3)[C@]3(CC)CCC12O3)c1ccc(N(CC)CC)cc1. The van der Waals surface area contributed by atoms with Gasteiger partial charge in [0, 0.05) is 43.2 Å². The van der Waals surface area contributed by atoms with Crippen molar-refractivity contribution in [2.75, 3.05) is 47.5 Å². The molecule has 2 aromatic carbocycles. The largest absolute Gasteiger partial charge is 0.394 e. The van der Waals surface area contributed by atoms with Gasteiger partial charge >= 0.3 is 0 Å². The van der Waals surface area contributed by atoms with Gasteiger partial charge in [0.1, 0.15) is 11.6 Å². The van der Waals surface area contributed by atoms with Crippen LogP contribution in [0.15, 0.2) is 79.9 Å². The van der Waals surface area contributed by atoms with Crippen LogP contribution in [0.4, 0.5) is 17.1 Å². The van der Waals surface area contributed by atoms with Crippen LogP contribution < -0.4 is 14.7 Å². The topological polar surface area (TPSA) is 93.6 Å². The molecule has 0 aromatic heterocycles. The van der Waals surface area contributed by atoms with E-state index in [1.807, 2.05) is 61.5 Å². The average molecular weight is 629 g/mol. The van der Waals surface area contributed by atoms with Gasteiger partial charge in [0.05, 0.1) is 30.1 Å². The second kappa shape index (κ2) is 13.4. The fourth-order valence-corrected chi connectivity index (χ4v) is 8.13. The smallest absolute Gasteiger partial charge is 0.253 e. The highest BCUT2D eigenvalue weighted by molar-refractivity contribution is 6.07. The maximum absolute atomic E-state index is 14.9. The first-order valence-electron chi connectivity index (χ1n) is 16.6. The van der Waals surface area contributed by atoms with Crippen LogP contribution in [0.5, 0.6) is 0 Å². The number of hydrogen-bond donors (Lipinski definition) is 1. The van der Waals surface area contributed by atoms with E-state index in [-0.39, 0.29) is 37.4 Å². The summed E-state index contributed by atoms with van der Waals surface area (Å²) >= 11 is 0. The summed E-state index contributed by atoms with van der Waals surface area (Å²) in [7, 11) is 0. The van der Waals surface area contributed by atoms with Gasteiger partial charge in [-0.15, -0.1) is 13.2 Å². The van der Waals surface area contributed by atoms with E-state index in [0.29, 0.717) is 30.6 Å². The van der Waals surface area contributed by atoms with Crippen molar-refractivity contribution in [3.05, 3.63) is 79.9 Å². The quantitative estimate of drug-likeness (QED) is 0.302. The highest BCUT2D eigenvalue weighted by Gasteiger charge is 2.79. The third kappa shape index (κ3) is 5.23. The standard InChI is InChI=1S/C37H48N4O5/c1-7-23-39(28-15-13-12-14-16-28)33(43)30-31-34(44)41(26(6)25-42)32(37(31)22-21-36(30,9-3)46-37)35(45)40(24-8-2)29-19-17-27(18-20-29)38(10-4)11-5/h7-8,12-20,26,30-32,42H,1-2,9-11,21-25H2,3-6H3/t26-,30-,31+,32?,36+,37?/m1/s1. The normalized spacial score (nSPS) is 26.8. The molecule has 6 atom stereocenters. The lowest BCUT2D eigenvalue weighted by molar-refractivity contribution is -0.149. The average Bonchev–Trinajstić information content (AvgIpc) is 3.70. The Labute approximate surface area is 273 Å². The van der Waals surface area contributed by atoms with Crippen LogP contribution in [0.2, 0.25) is 0 Å². The van der Waals surface area contributed by atoms with Gasteiger partial charge in [-0.3, -0.25) is 14.4 Å². The van der Waals surface area contributed by atoms with Gasteiger partial charge in [-0.1, -0.05) is 37.3 Å². The van der Waals surface area contributed by atoms with Crippen molar-refractivity contribution in [2.45, 2.75) is 70.2 Å². The summed E-state index contributed by atoms with van der Waals surface area (Å²) < 4.78 is 6.99. The van der Waals surface area contributed by atoms with Crippen molar-refractivity contribution >= 4 is 34.8 Å². The highest BCUT2D eigenvalue weighted by Crippen LogP contribution is 2.65. The van der Waals surface area contributed by atoms with E-state index in [4.69, 9.17) is 4.74 Å². The van der Waals surface area contributed by atoms with Crippen LogP contribution in [-0.4, -0.2) is 83.8 Å². The van der Waals surface area contributed by atoms with Crippen LogP contribution in [0.1, 0.15) is 47.0 Å². The Balaban J connectivity index is 1.59. The van der Waals surface area contributed by atoms with E-state index < -0.39 is 35.1 Å². The molecule has 1 spiro atoms. The fraction of sp³-hybridized carbons (Fsp3) is 0.486. The number of anilines is 3. The number of carbonyl (C=O) groups is 3. The molecule has 0 aliphatic carbocycles. The van der Waals surface area contributed by atoms with Crippen LogP contribution in [0.25, 0.3) is 0 Å². The molecule has 0 saturated carbocycles. The molecule has 2 bridgehead atoms. The van der Waals surface area contributed by atoms with Gasteiger partial charge in [0.25, 0.3) is 5.91 Å². The predicted octanol–water partition coefficient (Wildman–Crippen LogP) is 4.81. The number of aliphatic hydroxyl groups is 1. The highest BCUT2D eigenvalue weighted by atomic mass is 16.5. The van der Waals surface area contributed by atoms with Gasteiger partial charge in [0.2, 0.25) is 11.8 Å². The summed E-state index contributed by atoms with van der Waals surface area (Å²) in [6.45, 7) is 17.6. The summed E-state index contributed by atoms with van der Waals surface area (Å²) in [5.41, 5.74) is 0.325. The minimum Gasteiger partial charge on any atom is -0.394 e. The maximum Gasteiger partial charge on any atom is 0.253 e. The number of hydrogen-bond acceptors (Lipinski definition) is 6. The molecular weight excluding hydrogens is 580 g/mol. The zero-order valence-electron chi connectivity index (χ0n) is 27.6. The maximum atomic E-state index is 14.9. The van der Waals surface area contributed by atoms with Crippen LogP contribution in [0, 0.1) is 11.8 Å². The van der Waals surface area contributed by atoms with E-state index in [0.717, 1.165) is 18.8 Å². The van der Waals surface area contributed by atoms with E-state index in [1.165, 1.54) is 4.90 Å². The first kappa shape index (κ1) is 33.4. The number of fused-ring (bicyclic) bond motifs is 1. The lowest BCUT2D eigenvalue weighted by atomic mass is 9.64. The number of para-hydroxylation sites is 1. The Hall–Kier alpha value is -3.95. The predicted molar refractivity (Wildman–Crippen MR) is 182 cm³/mol. The number of nitrogens with zero attached hydrogens (tertiary/aromatic N) is 4. The number of aliphatic hydroxyl groups excluding tert-OH is 1. The van der Waals surface area contributed by atoms with Crippen molar-refractivity contribution < 1.29 is 24.2 Å². The number of ether oxygens (including phenoxy) is 1. The molecule has 2 aromatic rings. The number of carbonyl (C=O) groups excluding carboxylic acids is 3. The van der Waals surface area contributed by atoms with E-state index in [2.05, 4.69) is 31.9 Å². The molecule has 9 heteroatoms. The molecule has 246 valence electrons. The molecule has 1 N–H and O–H groups in total. The second-order valence-electron chi connectivity index (χ2n) is 12.6. The number of amides is 3. The third-order valence-electron chi connectivity index (χ3n) is 10.4. The molecular formula is C37H48N4O5. The Kier molecular flexibility index (Phi) is 9.75. The molecule has 3 heterocycles. The Morgan fingerprint density at radius 1 is 0.935 bits per heavy atom. The van der Waals surface area contributed by atoms with Crippen LogP contribution >= 0.6 is 0 Å². The lowest BCUT2D eigenvalue weighted by Gasteiger charge is -2.38. The monoisotopic (exact) mass is 628 g/mol. The summed E-state index contributed by atoms with van der Waals surface area (Å²) in [6, 6.07) is 15.5. The number of benzene rings is 2. The van der Waals surface area contributed by atoms with Gasteiger partial charge in [-0.05, 0) is 76.4 Å². The van der Waals surface area contributed by atoms with Gasteiger partial charge in [-0.25, -0.2) is 0 Å². The molecule has 3 fully saturated rings. The summed E-state index contributed by atoms with van der Waals surface area (Å²) in [5.74, 6) is -2.52. The van der Waals surface area contributed by atoms with Crippen molar-refractivity contribution in [3.8, 4) is 0 Å². The van der Waals surface area contributed by atoms with Crippen LogP contribution in [-0.2, 0) is 19.1 Å². The summed E-state index contributed by atoms with van der Waals surface area (Å²) in [4.78, 5) is 51.2. The molecule has 3 saturated heterocycles.